The predicted octanol–water partition coefficient (Wildman–Crippen LogP) is 9.34. The number of carboxylic acid groups (broad SMARTS) is 1. The van der Waals surface area contributed by atoms with Gasteiger partial charge in [-0.3, -0.25) is 9.59 Å². The lowest BCUT2D eigenvalue weighted by molar-refractivity contribution is -0.115. The molecule has 0 aromatic heterocycles. The zero-order valence-electron chi connectivity index (χ0n) is 21.6. The van der Waals surface area contributed by atoms with Crippen molar-refractivity contribution >= 4 is 87.3 Å². The highest BCUT2D eigenvalue weighted by molar-refractivity contribution is 8.00. The van der Waals surface area contributed by atoms with Crippen molar-refractivity contribution in [2.75, 3.05) is 10.6 Å². The Bertz CT molecular complexity index is 1660. The summed E-state index contributed by atoms with van der Waals surface area (Å²) in [4.78, 5) is 39.3. The van der Waals surface area contributed by atoms with Crippen molar-refractivity contribution in [1.82, 2.24) is 0 Å². The summed E-state index contributed by atoms with van der Waals surface area (Å²) >= 11 is 25.7. The van der Waals surface area contributed by atoms with Crippen molar-refractivity contribution < 1.29 is 19.5 Å². The lowest BCUT2D eigenvalue weighted by Crippen LogP contribution is -2.20. The highest BCUT2D eigenvalue weighted by Crippen LogP contribution is 2.42. The van der Waals surface area contributed by atoms with Crippen LogP contribution >= 0.6 is 58.2 Å². The van der Waals surface area contributed by atoms with E-state index in [-0.39, 0.29) is 21.0 Å². The van der Waals surface area contributed by atoms with Crippen LogP contribution in [0.25, 0.3) is 0 Å². The molecule has 1 unspecified atom stereocenters. The van der Waals surface area contributed by atoms with Crippen molar-refractivity contribution in [2.24, 2.45) is 0 Å². The number of hydrogen-bond acceptors (Lipinski definition) is 4. The van der Waals surface area contributed by atoms with Gasteiger partial charge in [0.1, 0.15) is 5.25 Å². The average molecular weight is 648 g/mol. The number of thioether (sulfide) groups is 1. The fourth-order valence-corrected chi connectivity index (χ4v) is 6.18. The number of hydrogen-bond donors (Lipinski definition) is 3. The molecule has 0 spiro atoms. The van der Waals surface area contributed by atoms with Crippen molar-refractivity contribution in [3.8, 4) is 0 Å². The number of carbonyl (C=O) groups excluding carboxylic acids is 2. The first-order valence-corrected chi connectivity index (χ1v) is 14.5. The maximum atomic E-state index is 13.5. The van der Waals surface area contributed by atoms with E-state index in [0.717, 1.165) is 22.4 Å². The third-order valence-electron chi connectivity index (χ3n) is 6.03. The van der Waals surface area contributed by atoms with Crippen LogP contribution in [0.3, 0.4) is 0 Å². The highest BCUT2D eigenvalue weighted by atomic mass is 35.5. The van der Waals surface area contributed by atoms with E-state index in [1.165, 1.54) is 11.8 Å². The summed E-state index contributed by atoms with van der Waals surface area (Å²) in [6.45, 7) is 3.92. The number of anilines is 2. The minimum atomic E-state index is -1.49. The molecule has 0 saturated heterocycles. The van der Waals surface area contributed by atoms with Crippen LogP contribution in [0.5, 0.6) is 0 Å². The molecule has 0 aliphatic carbocycles. The number of amides is 2. The van der Waals surface area contributed by atoms with Crippen molar-refractivity contribution in [3.05, 3.63) is 121 Å². The maximum absolute atomic E-state index is 13.5. The Morgan fingerprint density at radius 3 is 2.05 bits per heavy atom. The molecule has 210 valence electrons. The Balaban J connectivity index is 1.63. The summed E-state index contributed by atoms with van der Waals surface area (Å²) in [6.07, 6.45) is 0. The highest BCUT2D eigenvalue weighted by Gasteiger charge is 2.29. The molecule has 0 fully saturated rings. The summed E-state index contributed by atoms with van der Waals surface area (Å²) in [5.74, 6) is -2.56. The van der Waals surface area contributed by atoms with E-state index in [1.807, 2.05) is 62.4 Å². The molecular formula is C30H22Cl4N2O4S. The van der Waals surface area contributed by atoms with E-state index in [2.05, 4.69) is 10.6 Å². The second-order valence-corrected chi connectivity index (χ2v) is 11.7. The standard InChI is InChI=1S/C30H22Cl4N2O4S/c1-15-11-12-20(16(2)13-15)36-29(38)27(17-7-4-3-5-8-17)41-19-10-6-9-18(14-19)35-28(37)21-22(30(39)40)24(32)26(34)25(33)23(21)31/h3-14,27H,1-2H3,(H,35,37)(H,36,38)(H,39,40). The lowest BCUT2D eigenvalue weighted by atomic mass is 10.1. The smallest absolute Gasteiger partial charge is 0.338 e. The quantitative estimate of drug-likeness (QED) is 0.101. The van der Waals surface area contributed by atoms with Gasteiger partial charge in [0, 0.05) is 16.3 Å². The number of aromatic carboxylic acids is 1. The molecule has 11 heteroatoms. The Morgan fingerprint density at radius 1 is 0.756 bits per heavy atom. The Hall–Kier alpha value is -3.20. The van der Waals surface area contributed by atoms with E-state index in [1.54, 1.807) is 24.3 Å². The van der Waals surface area contributed by atoms with Crippen LogP contribution < -0.4 is 10.6 Å². The van der Waals surface area contributed by atoms with Crippen molar-refractivity contribution in [3.63, 3.8) is 0 Å². The SMILES string of the molecule is Cc1ccc(NC(=O)C(Sc2cccc(NC(=O)c3c(Cl)c(Cl)c(Cl)c(Cl)c3C(=O)O)c2)c2ccccc2)c(C)c1. The second-order valence-electron chi connectivity index (χ2n) is 9.01. The van der Waals surface area contributed by atoms with Crippen LogP contribution in [0, 0.1) is 13.8 Å². The van der Waals surface area contributed by atoms with Gasteiger partial charge in [0.15, 0.2) is 0 Å². The summed E-state index contributed by atoms with van der Waals surface area (Å²) < 4.78 is 0. The lowest BCUT2D eigenvalue weighted by Gasteiger charge is -2.19. The summed E-state index contributed by atoms with van der Waals surface area (Å²) in [7, 11) is 0. The third kappa shape index (κ3) is 7.00. The van der Waals surface area contributed by atoms with Crippen molar-refractivity contribution in [2.45, 2.75) is 24.0 Å². The van der Waals surface area contributed by atoms with E-state index < -0.39 is 33.3 Å². The van der Waals surface area contributed by atoms with Gasteiger partial charge in [-0.2, -0.15) is 0 Å². The number of benzene rings is 4. The molecular weight excluding hydrogens is 626 g/mol. The summed E-state index contributed by atoms with van der Waals surface area (Å²) in [5, 5.41) is 13.5. The van der Waals surface area contributed by atoms with Gasteiger partial charge in [0.05, 0.1) is 31.2 Å². The predicted molar refractivity (Wildman–Crippen MR) is 167 cm³/mol. The molecule has 0 saturated carbocycles. The maximum Gasteiger partial charge on any atom is 0.338 e. The molecule has 0 heterocycles. The molecule has 0 aliphatic heterocycles. The van der Waals surface area contributed by atoms with E-state index in [9.17, 15) is 19.5 Å². The Kier molecular flexibility index (Phi) is 9.89. The molecule has 4 aromatic carbocycles. The number of halogens is 4. The molecule has 0 radical (unpaired) electrons. The van der Waals surface area contributed by atoms with Gasteiger partial charge >= 0.3 is 5.97 Å². The summed E-state index contributed by atoms with van der Waals surface area (Å²) in [6, 6.07) is 21.9. The minimum Gasteiger partial charge on any atom is -0.478 e. The van der Waals surface area contributed by atoms with Crippen molar-refractivity contribution in [1.29, 1.82) is 0 Å². The first-order chi connectivity index (χ1) is 19.5. The van der Waals surface area contributed by atoms with Crippen LogP contribution in [0.4, 0.5) is 11.4 Å². The molecule has 1 atom stereocenters. The van der Waals surface area contributed by atoms with E-state index in [0.29, 0.717) is 10.6 Å². The molecule has 6 nitrogen and oxygen atoms in total. The molecule has 4 aromatic rings. The number of aryl methyl sites for hydroxylation is 2. The normalized spacial score (nSPS) is 11.6. The van der Waals surface area contributed by atoms with Crippen LogP contribution in [0.15, 0.2) is 77.7 Å². The molecule has 3 N–H and O–H groups in total. The van der Waals surface area contributed by atoms with Gasteiger partial charge < -0.3 is 15.7 Å². The third-order valence-corrected chi connectivity index (χ3v) is 9.08. The van der Waals surface area contributed by atoms with E-state index >= 15 is 0 Å². The first kappa shape index (κ1) is 30.8. The molecule has 0 aliphatic rings. The van der Waals surface area contributed by atoms with Crippen LogP contribution in [-0.4, -0.2) is 22.9 Å². The average Bonchev–Trinajstić information content (AvgIpc) is 2.94. The molecule has 4 rings (SSSR count). The van der Waals surface area contributed by atoms with Gasteiger partial charge in [0.2, 0.25) is 5.91 Å². The monoisotopic (exact) mass is 646 g/mol. The second kappa shape index (κ2) is 13.2. The zero-order valence-corrected chi connectivity index (χ0v) is 25.4. The van der Waals surface area contributed by atoms with Crippen LogP contribution in [0.1, 0.15) is 42.7 Å². The first-order valence-electron chi connectivity index (χ1n) is 12.1. The van der Waals surface area contributed by atoms with Gasteiger partial charge in [-0.05, 0) is 49.2 Å². The number of rotatable bonds is 8. The molecule has 41 heavy (non-hydrogen) atoms. The number of carboxylic acids is 1. The molecule has 0 bridgehead atoms. The molecule has 2 amide bonds. The van der Waals surface area contributed by atoms with Gasteiger partial charge in [-0.15, -0.1) is 11.8 Å². The fraction of sp³-hybridized carbons (Fsp3) is 0.100. The number of nitrogens with one attached hydrogen (secondary N) is 2. The largest absolute Gasteiger partial charge is 0.478 e. The van der Waals surface area contributed by atoms with Gasteiger partial charge in [-0.25, -0.2) is 4.79 Å². The Labute approximate surface area is 261 Å². The van der Waals surface area contributed by atoms with Gasteiger partial charge in [-0.1, -0.05) is 100 Å². The number of carbonyl (C=O) groups is 3. The zero-order chi connectivity index (χ0) is 29.8. The Morgan fingerprint density at radius 2 is 1.41 bits per heavy atom. The summed E-state index contributed by atoms with van der Waals surface area (Å²) in [5.41, 5.74) is 2.88. The fourth-order valence-electron chi connectivity index (χ4n) is 4.08. The minimum absolute atomic E-state index is 0.217. The topological polar surface area (TPSA) is 95.5 Å². The van der Waals surface area contributed by atoms with Crippen LogP contribution in [0.2, 0.25) is 20.1 Å². The van der Waals surface area contributed by atoms with Crippen LogP contribution in [-0.2, 0) is 4.79 Å². The van der Waals surface area contributed by atoms with Gasteiger partial charge in [0.25, 0.3) is 5.91 Å². The van der Waals surface area contributed by atoms with E-state index in [4.69, 9.17) is 46.4 Å².